The maximum absolute atomic E-state index is 13.3. The first-order valence-electron chi connectivity index (χ1n) is 9.54. The van der Waals surface area contributed by atoms with E-state index in [0.717, 1.165) is 14.8 Å². The van der Waals surface area contributed by atoms with Crippen molar-refractivity contribution in [1.82, 2.24) is 4.31 Å². The van der Waals surface area contributed by atoms with Crippen molar-refractivity contribution >= 4 is 45.0 Å². The number of thioether (sulfide) groups is 1. The summed E-state index contributed by atoms with van der Waals surface area (Å²) < 4.78 is 27.8. The van der Waals surface area contributed by atoms with Gasteiger partial charge in [-0.05, 0) is 55.1 Å². The fraction of sp³-hybridized carbons (Fsp3) is 0.174. The van der Waals surface area contributed by atoms with Crippen molar-refractivity contribution in [2.24, 2.45) is 0 Å². The van der Waals surface area contributed by atoms with Gasteiger partial charge in [-0.15, -0.1) is 11.8 Å². The molecule has 0 aromatic heterocycles. The molecule has 5 nitrogen and oxygen atoms in total. The SMILES string of the molecule is CSc1cccc(NC(=O)CN(Cc2ccccc2Cl)S(=O)(=O)c2ccc(C)cc2)c1. The van der Waals surface area contributed by atoms with Crippen LogP contribution < -0.4 is 5.32 Å². The molecular weight excluding hydrogens is 452 g/mol. The topological polar surface area (TPSA) is 66.5 Å². The quantitative estimate of drug-likeness (QED) is 0.455. The minimum absolute atomic E-state index is 0.0197. The number of carbonyl (C=O) groups excluding carboxylic acids is 1. The molecule has 1 amide bonds. The van der Waals surface area contributed by atoms with E-state index in [1.807, 2.05) is 31.4 Å². The fourth-order valence-electron chi connectivity index (χ4n) is 2.96. The van der Waals surface area contributed by atoms with Crippen LogP contribution in [0.4, 0.5) is 5.69 Å². The van der Waals surface area contributed by atoms with Crippen molar-refractivity contribution in [3.63, 3.8) is 0 Å². The second-order valence-electron chi connectivity index (χ2n) is 6.96. The largest absolute Gasteiger partial charge is 0.325 e. The number of benzene rings is 3. The molecule has 3 aromatic carbocycles. The van der Waals surface area contributed by atoms with Crippen LogP contribution in [0, 0.1) is 6.92 Å². The number of hydrogen-bond donors (Lipinski definition) is 1. The summed E-state index contributed by atoms with van der Waals surface area (Å²) in [6, 6.07) is 20.9. The number of anilines is 1. The van der Waals surface area contributed by atoms with Crippen molar-refractivity contribution < 1.29 is 13.2 Å². The Labute approximate surface area is 192 Å². The van der Waals surface area contributed by atoms with Gasteiger partial charge in [0.1, 0.15) is 0 Å². The van der Waals surface area contributed by atoms with Crippen molar-refractivity contribution in [3.05, 3.63) is 88.9 Å². The van der Waals surface area contributed by atoms with Crippen LogP contribution in [0.3, 0.4) is 0 Å². The molecule has 3 aromatic rings. The van der Waals surface area contributed by atoms with E-state index in [-0.39, 0.29) is 18.0 Å². The van der Waals surface area contributed by atoms with E-state index < -0.39 is 15.9 Å². The number of halogens is 1. The van der Waals surface area contributed by atoms with Gasteiger partial charge in [0.25, 0.3) is 0 Å². The van der Waals surface area contributed by atoms with Gasteiger partial charge >= 0.3 is 0 Å². The van der Waals surface area contributed by atoms with Crippen LogP contribution in [0.25, 0.3) is 0 Å². The summed E-state index contributed by atoms with van der Waals surface area (Å²) in [7, 11) is -3.92. The molecule has 0 heterocycles. The molecule has 31 heavy (non-hydrogen) atoms. The number of carbonyl (C=O) groups is 1. The van der Waals surface area contributed by atoms with E-state index in [2.05, 4.69) is 5.32 Å². The third-order valence-corrected chi connectivity index (χ3v) is 7.54. The van der Waals surface area contributed by atoms with Gasteiger partial charge in [-0.1, -0.05) is 53.6 Å². The van der Waals surface area contributed by atoms with E-state index in [0.29, 0.717) is 16.3 Å². The smallest absolute Gasteiger partial charge is 0.243 e. The number of hydrogen-bond acceptors (Lipinski definition) is 4. The normalized spacial score (nSPS) is 11.5. The highest BCUT2D eigenvalue weighted by atomic mass is 35.5. The Bertz CT molecular complexity index is 1170. The molecule has 8 heteroatoms. The lowest BCUT2D eigenvalue weighted by atomic mass is 10.2. The Morgan fingerprint density at radius 2 is 1.74 bits per heavy atom. The van der Waals surface area contributed by atoms with Gasteiger partial charge in [-0.3, -0.25) is 4.79 Å². The lowest BCUT2D eigenvalue weighted by Crippen LogP contribution is -2.37. The van der Waals surface area contributed by atoms with E-state index in [4.69, 9.17) is 11.6 Å². The first kappa shape index (κ1) is 23.3. The maximum Gasteiger partial charge on any atom is 0.243 e. The van der Waals surface area contributed by atoms with Crippen LogP contribution >= 0.6 is 23.4 Å². The first-order chi connectivity index (χ1) is 14.8. The zero-order valence-electron chi connectivity index (χ0n) is 17.2. The van der Waals surface area contributed by atoms with Crippen LogP contribution in [0.2, 0.25) is 5.02 Å². The predicted octanol–water partition coefficient (Wildman–Crippen LogP) is 5.20. The standard InChI is InChI=1S/C23H23ClN2O3S2/c1-17-10-12-21(13-11-17)31(28,29)26(15-18-6-3-4-9-22(18)24)16-23(27)25-19-7-5-8-20(14-19)30-2/h3-14H,15-16H2,1-2H3,(H,25,27). The van der Waals surface area contributed by atoms with Gasteiger partial charge in [-0.25, -0.2) is 8.42 Å². The number of nitrogens with zero attached hydrogens (tertiary/aromatic N) is 1. The summed E-state index contributed by atoms with van der Waals surface area (Å²) in [6.45, 7) is 1.52. The van der Waals surface area contributed by atoms with Crippen molar-refractivity contribution in [1.29, 1.82) is 0 Å². The molecule has 0 aliphatic heterocycles. The van der Waals surface area contributed by atoms with Crippen molar-refractivity contribution in [2.45, 2.75) is 23.3 Å². The van der Waals surface area contributed by atoms with Gasteiger partial charge in [0.2, 0.25) is 15.9 Å². The molecule has 1 N–H and O–H groups in total. The van der Waals surface area contributed by atoms with E-state index in [1.165, 1.54) is 0 Å². The van der Waals surface area contributed by atoms with Gasteiger partial charge in [-0.2, -0.15) is 4.31 Å². The van der Waals surface area contributed by atoms with Crippen LogP contribution in [-0.2, 0) is 21.4 Å². The Hall–Kier alpha value is -2.32. The number of nitrogens with one attached hydrogen (secondary N) is 1. The zero-order valence-corrected chi connectivity index (χ0v) is 19.6. The third kappa shape index (κ3) is 6.11. The van der Waals surface area contributed by atoms with Gasteiger partial charge in [0, 0.05) is 22.2 Å². The molecule has 0 unspecified atom stereocenters. The summed E-state index contributed by atoms with van der Waals surface area (Å²) in [5, 5.41) is 3.23. The zero-order chi connectivity index (χ0) is 22.4. The highest BCUT2D eigenvalue weighted by Crippen LogP contribution is 2.23. The van der Waals surface area contributed by atoms with E-state index in [9.17, 15) is 13.2 Å². The number of sulfonamides is 1. The van der Waals surface area contributed by atoms with Crippen LogP contribution in [-0.4, -0.2) is 31.4 Å². The molecule has 0 atom stereocenters. The van der Waals surface area contributed by atoms with Crippen LogP contribution in [0.15, 0.2) is 82.6 Å². The summed E-state index contributed by atoms with van der Waals surface area (Å²) in [5.41, 5.74) is 2.18. The maximum atomic E-state index is 13.3. The summed E-state index contributed by atoms with van der Waals surface area (Å²) in [4.78, 5) is 13.9. The molecule has 3 rings (SSSR count). The van der Waals surface area contributed by atoms with Crippen molar-refractivity contribution in [3.8, 4) is 0 Å². The Kier molecular flexibility index (Phi) is 7.78. The second kappa shape index (κ2) is 10.3. The Balaban J connectivity index is 1.88. The lowest BCUT2D eigenvalue weighted by molar-refractivity contribution is -0.116. The highest BCUT2D eigenvalue weighted by Gasteiger charge is 2.27. The molecule has 0 aliphatic carbocycles. The van der Waals surface area contributed by atoms with Gasteiger partial charge < -0.3 is 5.32 Å². The van der Waals surface area contributed by atoms with Crippen LogP contribution in [0.1, 0.15) is 11.1 Å². The molecule has 0 radical (unpaired) electrons. The van der Waals surface area contributed by atoms with Gasteiger partial charge in [0.05, 0.1) is 11.4 Å². The van der Waals surface area contributed by atoms with E-state index >= 15 is 0 Å². The minimum atomic E-state index is -3.92. The van der Waals surface area contributed by atoms with Crippen molar-refractivity contribution in [2.75, 3.05) is 18.1 Å². The summed E-state index contributed by atoms with van der Waals surface area (Å²) in [5.74, 6) is -0.430. The number of rotatable bonds is 8. The average molecular weight is 475 g/mol. The second-order valence-corrected chi connectivity index (χ2v) is 10.2. The molecular formula is C23H23ClN2O3S2. The molecule has 0 saturated carbocycles. The first-order valence-corrected chi connectivity index (χ1v) is 12.6. The molecule has 0 spiro atoms. The minimum Gasteiger partial charge on any atom is -0.325 e. The predicted molar refractivity (Wildman–Crippen MR) is 127 cm³/mol. The Morgan fingerprint density at radius 3 is 2.42 bits per heavy atom. The molecule has 162 valence electrons. The average Bonchev–Trinajstić information content (AvgIpc) is 2.75. The summed E-state index contributed by atoms with van der Waals surface area (Å²) in [6.07, 6.45) is 1.94. The molecule has 0 aliphatic rings. The number of aryl methyl sites for hydroxylation is 1. The van der Waals surface area contributed by atoms with E-state index in [1.54, 1.807) is 66.4 Å². The third-order valence-electron chi connectivity index (χ3n) is 4.64. The Morgan fingerprint density at radius 1 is 1.03 bits per heavy atom. The lowest BCUT2D eigenvalue weighted by Gasteiger charge is -2.22. The monoisotopic (exact) mass is 474 g/mol. The summed E-state index contributed by atoms with van der Waals surface area (Å²) >= 11 is 7.82. The molecule has 0 bridgehead atoms. The molecule has 0 fully saturated rings. The van der Waals surface area contributed by atoms with Crippen LogP contribution in [0.5, 0.6) is 0 Å². The van der Waals surface area contributed by atoms with Gasteiger partial charge in [0.15, 0.2) is 0 Å². The molecule has 0 saturated heterocycles. The highest BCUT2D eigenvalue weighted by molar-refractivity contribution is 7.98. The fourth-order valence-corrected chi connectivity index (χ4v) is 4.99. The number of amides is 1.